The van der Waals surface area contributed by atoms with E-state index in [-0.39, 0.29) is 0 Å². The Morgan fingerprint density at radius 2 is 1.25 bits per heavy atom. The van der Waals surface area contributed by atoms with Gasteiger partial charge in [0.2, 0.25) is 0 Å². The lowest BCUT2D eigenvalue weighted by Gasteiger charge is -2.08. The second kappa shape index (κ2) is 9.78. The van der Waals surface area contributed by atoms with Crippen LogP contribution in [0.4, 0.5) is 11.4 Å². The standard InChI is InChI=1S/2C8H10N2O2/c2*1-6(8(11)12)10-7-3-2-4-9-5-7/h2*2-6,10H,1H3,(H,11,12)/t2*6-/m00/s1. The first kappa shape index (κ1) is 18.9. The van der Waals surface area contributed by atoms with Crippen LogP contribution in [0.2, 0.25) is 0 Å². The van der Waals surface area contributed by atoms with Gasteiger partial charge in [0.25, 0.3) is 0 Å². The van der Waals surface area contributed by atoms with E-state index >= 15 is 0 Å². The highest BCUT2D eigenvalue weighted by Gasteiger charge is 2.09. The normalized spacial score (nSPS) is 12.1. The number of anilines is 2. The highest BCUT2D eigenvalue weighted by molar-refractivity contribution is 5.77. The Morgan fingerprint density at radius 1 is 0.875 bits per heavy atom. The van der Waals surface area contributed by atoms with E-state index < -0.39 is 24.0 Å². The smallest absolute Gasteiger partial charge is 0.325 e. The molecule has 0 aliphatic carbocycles. The first-order valence-corrected chi connectivity index (χ1v) is 7.19. The van der Waals surface area contributed by atoms with Gasteiger partial charge in [0, 0.05) is 24.8 Å². The highest BCUT2D eigenvalue weighted by atomic mass is 16.4. The Balaban J connectivity index is 0.000000240. The Hall–Kier alpha value is -3.16. The number of nitrogens with one attached hydrogen (secondary N) is 2. The van der Waals surface area contributed by atoms with E-state index in [9.17, 15) is 9.59 Å². The van der Waals surface area contributed by atoms with Crippen LogP contribution in [0.5, 0.6) is 0 Å². The minimum atomic E-state index is -0.876. The van der Waals surface area contributed by atoms with Gasteiger partial charge in [-0.05, 0) is 38.1 Å². The number of aromatic nitrogens is 2. The zero-order chi connectivity index (χ0) is 17.9. The van der Waals surface area contributed by atoms with Crippen molar-refractivity contribution < 1.29 is 19.8 Å². The van der Waals surface area contributed by atoms with Crippen molar-refractivity contribution in [3.63, 3.8) is 0 Å². The lowest BCUT2D eigenvalue weighted by Crippen LogP contribution is -2.25. The molecule has 2 rings (SSSR count). The third-order valence-electron chi connectivity index (χ3n) is 2.83. The van der Waals surface area contributed by atoms with Crippen LogP contribution in [0.25, 0.3) is 0 Å². The molecule has 0 amide bonds. The van der Waals surface area contributed by atoms with Crippen molar-refractivity contribution in [3.8, 4) is 0 Å². The number of hydrogen-bond donors (Lipinski definition) is 4. The summed E-state index contributed by atoms with van der Waals surface area (Å²) in [5.41, 5.74) is 1.43. The van der Waals surface area contributed by atoms with Crippen molar-refractivity contribution in [2.45, 2.75) is 25.9 Å². The number of rotatable bonds is 6. The summed E-state index contributed by atoms with van der Waals surface area (Å²) in [4.78, 5) is 28.5. The number of nitrogens with zero attached hydrogens (tertiary/aromatic N) is 2. The summed E-state index contributed by atoms with van der Waals surface area (Å²) >= 11 is 0. The molecule has 0 aliphatic heterocycles. The Bertz CT molecular complexity index is 580. The summed E-state index contributed by atoms with van der Waals surface area (Å²) in [6, 6.07) is 5.86. The molecule has 2 aromatic heterocycles. The number of carbonyl (C=O) groups is 2. The number of carboxylic acid groups (broad SMARTS) is 2. The van der Waals surface area contributed by atoms with Crippen molar-refractivity contribution in [1.29, 1.82) is 0 Å². The maximum absolute atomic E-state index is 10.4. The largest absolute Gasteiger partial charge is 0.480 e. The van der Waals surface area contributed by atoms with E-state index in [4.69, 9.17) is 10.2 Å². The fourth-order valence-electron chi connectivity index (χ4n) is 1.52. The van der Waals surface area contributed by atoms with Gasteiger partial charge >= 0.3 is 11.9 Å². The van der Waals surface area contributed by atoms with Gasteiger partial charge in [-0.1, -0.05) is 0 Å². The second-order valence-corrected chi connectivity index (χ2v) is 4.89. The average Bonchev–Trinajstić information content (AvgIpc) is 2.57. The summed E-state index contributed by atoms with van der Waals surface area (Å²) in [7, 11) is 0. The van der Waals surface area contributed by atoms with Crippen molar-refractivity contribution in [2.24, 2.45) is 0 Å². The quantitative estimate of drug-likeness (QED) is 0.632. The summed E-state index contributed by atoms with van der Waals surface area (Å²) in [6.45, 7) is 3.16. The molecule has 24 heavy (non-hydrogen) atoms. The first-order chi connectivity index (χ1) is 11.4. The molecule has 2 atom stereocenters. The summed E-state index contributed by atoms with van der Waals surface area (Å²) in [5.74, 6) is -1.75. The van der Waals surface area contributed by atoms with E-state index in [1.807, 2.05) is 0 Å². The Morgan fingerprint density at radius 3 is 1.50 bits per heavy atom. The van der Waals surface area contributed by atoms with E-state index in [0.717, 1.165) is 0 Å². The minimum Gasteiger partial charge on any atom is -0.480 e. The van der Waals surface area contributed by atoms with Gasteiger partial charge in [-0.3, -0.25) is 19.6 Å². The molecule has 0 saturated carbocycles. The number of carboxylic acids is 2. The zero-order valence-electron chi connectivity index (χ0n) is 13.4. The predicted molar refractivity (Wildman–Crippen MR) is 89.9 cm³/mol. The van der Waals surface area contributed by atoms with Crippen LogP contribution in [0.15, 0.2) is 49.1 Å². The maximum Gasteiger partial charge on any atom is 0.325 e. The second-order valence-electron chi connectivity index (χ2n) is 4.89. The van der Waals surface area contributed by atoms with E-state index in [0.29, 0.717) is 11.4 Å². The molecule has 0 aromatic carbocycles. The van der Waals surface area contributed by atoms with Crippen molar-refractivity contribution in [3.05, 3.63) is 49.1 Å². The zero-order valence-corrected chi connectivity index (χ0v) is 13.4. The van der Waals surface area contributed by atoms with Gasteiger partial charge in [-0.2, -0.15) is 0 Å². The molecule has 0 aliphatic rings. The molecule has 0 radical (unpaired) electrons. The summed E-state index contributed by atoms with van der Waals surface area (Å²) in [6.07, 6.45) is 6.44. The lowest BCUT2D eigenvalue weighted by atomic mass is 10.3. The van der Waals surface area contributed by atoms with E-state index in [2.05, 4.69) is 20.6 Å². The number of hydrogen-bond acceptors (Lipinski definition) is 6. The molecular weight excluding hydrogens is 312 g/mol. The molecule has 2 aromatic rings. The number of aliphatic carboxylic acids is 2. The van der Waals surface area contributed by atoms with Gasteiger partial charge in [0.15, 0.2) is 0 Å². The topological polar surface area (TPSA) is 124 Å². The van der Waals surface area contributed by atoms with Gasteiger partial charge in [-0.25, -0.2) is 0 Å². The molecular formula is C16H20N4O4. The monoisotopic (exact) mass is 332 g/mol. The lowest BCUT2D eigenvalue weighted by molar-refractivity contribution is -0.138. The highest BCUT2D eigenvalue weighted by Crippen LogP contribution is 2.05. The van der Waals surface area contributed by atoms with Crippen LogP contribution in [0, 0.1) is 0 Å². The minimum absolute atomic E-state index is 0.589. The third kappa shape index (κ3) is 7.21. The fourth-order valence-corrected chi connectivity index (χ4v) is 1.52. The van der Waals surface area contributed by atoms with Crippen LogP contribution in [0.3, 0.4) is 0 Å². The molecule has 0 spiro atoms. The van der Waals surface area contributed by atoms with Gasteiger partial charge < -0.3 is 20.8 Å². The molecule has 2 heterocycles. The fraction of sp³-hybridized carbons (Fsp3) is 0.250. The van der Waals surface area contributed by atoms with Crippen molar-refractivity contribution in [1.82, 2.24) is 9.97 Å². The van der Waals surface area contributed by atoms with Crippen LogP contribution in [-0.2, 0) is 9.59 Å². The predicted octanol–water partition coefficient (Wildman–Crippen LogP) is 1.93. The van der Waals surface area contributed by atoms with Crippen LogP contribution >= 0.6 is 0 Å². The van der Waals surface area contributed by atoms with Crippen LogP contribution < -0.4 is 10.6 Å². The first-order valence-electron chi connectivity index (χ1n) is 7.19. The maximum atomic E-state index is 10.4. The average molecular weight is 332 g/mol. The Labute approximate surface area is 139 Å². The van der Waals surface area contributed by atoms with Gasteiger partial charge in [-0.15, -0.1) is 0 Å². The molecule has 8 heteroatoms. The van der Waals surface area contributed by atoms with E-state index in [1.165, 1.54) is 0 Å². The number of pyridine rings is 2. The molecule has 8 nitrogen and oxygen atoms in total. The van der Waals surface area contributed by atoms with E-state index in [1.54, 1.807) is 62.9 Å². The summed E-state index contributed by atoms with van der Waals surface area (Å²) < 4.78 is 0. The molecule has 4 N–H and O–H groups in total. The SMILES string of the molecule is C[C@H](Nc1cccnc1)C(=O)O.C[C@H](Nc1cccnc1)C(=O)O. The van der Waals surface area contributed by atoms with Gasteiger partial charge in [0.1, 0.15) is 12.1 Å². The van der Waals surface area contributed by atoms with Crippen molar-refractivity contribution in [2.75, 3.05) is 10.6 Å². The molecule has 0 fully saturated rings. The molecule has 0 saturated heterocycles. The van der Waals surface area contributed by atoms with Gasteiger partial charge in [0.05, 0.1) is 11.4 Å². The molecule has 0 bridgehead atoms. The van der Waals surface area contributed by atoms with Crippen LogP contribution in [-0.4, -0.2) is 44.2 Å². The Kier molecular flexibility index (Phi) is 7.69. The summed E-state index contributed by atoms with van der Waals surface area (Å²) in [5, 5.41) is 22.7. The molecule has 128 valence electrons. The molecule has 0 unspecified atom stereocenters. The van der Waals surface area contributed by atoms with Crippen molar-refractivity contribution >= 4 is 23.3 Å². The third-order valence-corrected chi connectivity index (χ3v) is 2.83. The van der Waals surface area contributed by atoms with Crippen LogP contribution in [0.1, 0.15) is 13.8 Å².